The van der Waals surface area contributed by atoms with Gasteiger partial charge < -0.3 is 14.5 Å². The maximum absolute atomic E-state index is 11.4. The number of phosphoric ester groups is 1. The van der Waals surface area contributed by atoms with E-state index < -0.39 is 26.5 Å². The summed E-state index contributed by atoms with van der Waals surface area (Å²) in [6.07, 6.45) is 1.85. The molecule has 0 saturated heterocycles. The minimum absolute atomic E-state index is 0.419. The van der Waals surface area contributed by atoms with E-state index >= 15 is 0 Å². The van der Waals surface area contributed by atoms with E-state index in [9.17, 15) is 9.36 Å². The number of phosphoric acid groups is 1. The minimum atomic E-state index is -4.61. The van der Waals surface area contributed by atoms with Gasteiger partial charge in [0.2, 0.25) is 0 Å². The molecule has 0 aromatic heterocycles. The Kier molecular flexibility index (Phi) is 5.92. The predicted octanol–water partition coefficient (Wildman–Crippen LogP) is 1.96. The molecule has 1 aromatic rings. The number of ether oxygens (including phenoxy) is 1. The van der Waals surface area contributed by atoms with Crippen molar-refractivity contribution in [2.24, 2.45) is 0 Å². The fourth-order valence-electron chi connectivity index (χ4n) is 1.35. The lowest BCUT2D eigenvalue weighted by Gasteiger charge is -2.17. The monoisotopic (exact) mass is 286 g/mol. The SMILES string of the molecule is CC=CC(=O)OC(COP(=O)(O)O)c1ccccc1. The highest BCUT2D eigenvalue weighted by Crippen LogP contribution is 2.37. The Balaban J connectivity index is 2.79. The van der Waals surface area contributed by atoms with Gasteiger partial charge in [0.1, 0.15) is 0 Å². The molecule has 0 bridgehead atoms. The zero-order chi connectivity index (χ0) is 14.3. The van der Waals surface area contributed by atoms with Crippen molar-refractivity contribution in [1.82, 2.24) is 0 Å². The molecule has 0 aliphatic rings. The quantitative estimate of drug-likeness (QED) is 0.471. The average Bonchev–Trinajstić information content (AvgIpc) is 2.35. The van der Waals surface area contributed by atoms with E-state index in [4.69, 9.17) is 14.5 Å². The molecule has 2 N–H and O–H groups in total. The highest BCUT2D eigenvalue weighted by molar-refractivity contribution is 7.46. The molecule has 1 atom stereocenters. The van der Waals surface area contributed by atoms with Crippen LogP contribution in [0.4, 0.5) is 0 Å². The molecule has 7 heteroatoms. The standard InChI is InChI=1S/C12H15O6P/c1-2-6-12(13)18-11(9-17-19(14,15)16)10-7-4-3-5-8-10/h2-8,11H,9H2,1H3,(H2,14,15,16). The third-order valence-corrected chi connectivity index (χ3v) is 2.61. The van der Waals surface area contributed by atoms with Crippen molar-refractivity contribution in [2.45, 2.75) is 13.0 Å². The number of rotatable bonds is 6. The Morgan fingerprint density at radius 2 is 2.00 bits per heavy atom. The Bertz CT molecular complexity index is 478. The molecule has 0 fully saturated rings. The summed E-state index contributed by atoms with van der Waals surface area (Å²) in [5, 5.41) is 0. The molecule has 19 heavy (non-hydrogen) atoms. The van der Waals surface area contributed by atoms with Gasteiger partial charge in [-0.25, -0.2) is 9.36 Å². The van der Waals surface area contributed by atoms with Gasteiger partial charge in [-0.3, -0.25) is 4.52 Å². The van der Waals surface area contributed by atoms with E-state index in [1.54, 1.807) is 37.3 Å². The summed E-state index contributed by atoms with van der Waals surface area (Å²) in [6.45, 7) is 1.24. The fourth-order valence-corrected chi connectivity index (χ4v) is 1.68. The summed E-state index contributed by atoms with van der Waals surface area (Å²) in [4.78, 5) is 28.8. The van der Waals surface area contributed by atoms with Crippen molar-refractivity contribution in [3.05, 3.63) is 48.0 Å². The van der Waals surface area contributed by atoms with Crippen LogP contribution in [-0.4, -0.2) is 22.4 Å². The van der Waals surface area contributed by atoms with Crippen molar-refractivity contribution in [3.63, 3.8) is 0 Å². The molecule has 0 heterocycles. The summed E-state index contributed by atoms with van der Waals surface area (Å²) in [5.41, 5.74) is 0.591. The van der Waals surface area contributed by atoms with Crippen LogP contribution in [0.1, 0.15) is 18.6 Å². The maximum atomic E-state index is 11.4. The topological polar surface area (TPSA) is 93.1 Å². The average molecular weight is 286 g/mol. The van der Waals surface area contributed by atoms with Gasteiger partial charge in [-0.2, -0.15) is 0 Å². The second kappa shape index (κ2) is 7.21. The molecule has 1 unspecified atom stereocenters. The first kappa shape index (κ1) is 15.6. The smallest absolute Gasteiger partial charge is 0.452 e. The van der Waals surface area contributed by atoms with E-state index in [1.165, 1.54) is 12.2 Å². The van der Waals surface area contributed by atoms with Crippen molar-refractivity contribution >= 4 is 13.8 Å². The van der Waals surface area contributed by atoms with Crippen LogP contribution in [0, 0.1) is 0 Å². The van der Waals surface area contributed by atoms with Gasteiger partial charge in [-0.05, 0) is 12.5 Å². The van der Waals surface area contributed by atoms with Crippen LogP contribution < -0.4 is 0 Å². The number of esters is 1. The number of hydrogen-bond acceptors (Lipinski definition) is 4. The van der Waals surface area contributed by atoms with E-state index in [0.29, 0.717) is 5.56 Å². The molecule has 1 aromatic carbocycles. The Morgan fingerprint density at radius 3 is 2.53 bits per heavy atom. The first-order chi connectivity index (χ1) is 8.92. The first-order valence-corrected chi connectivity index (χ1v) is 7.04. The van der Waals surface area contributed by atoms with Crippen LogP contribution in [-0.2, 0) is 18.6 Å². The second-order valence-corrected chi connectivity index (χ2v) is 4.86. The van der Waals surface area contributed by atoms with Gasteiger partial charge in [0.05, 0.1) is 6.61 Å². The molecule has 0 amide bonds. The molecule has 0 radical (unpaired) electrons. The summed E-state index contributed by atoms with van der Waals surface area (Å²) >= 11 is 0. The fraction of sp³-hybridized carbons (Fsp3) is 0.250. The molecular formula is C12H15O6P. The van der Waals surface area contributed by atoms with Crippen LogP contribution in [0.5, 0.6) is 0 Å². The van der Waals surface area contributed by atoms with Crippen molar-refractivity contribution in [1.29, 1.82) is 0 Å². The lowest BCUT2D eigenvalue weighted by atomic mass is 10.1. The van der Waals surface area contributed by atoms with Gasteiger partial charge in [0, 0.05) is 6.08 Å². The number of allylic oxidation sites excluding steroid dienone is 1. The minimum Gasteiger partial charge on any atom is -0.452 e. The maximum Gasteiger partial charge on any atom is 0.469 e. The molecule has 1 rings (SSSR count). The third kappa shape index (κ3) is 6.31. The predicted molar refractivity (Wildman–Crippen MR) is 68.1 cm³/mol. The molecule has 104 valence electrons. The first-order valence-electron chi connectivity index (χ1n) is 5.50. The molecule has 0 spiro atoms. The summed E-state index contributed by atoms with van der Waals surface area (Å²) < 4.78 is 20.2. The van der Waals surface area contributed by atoms with E-state index in [0.717, 1.165) is 0 Å². The van der Waals surface area contributed by atoms with Gasteiger partial charge in [-0.15, -0.1) is 0 Å². The Hall–Kier alpha value is -1.46. The van der Waals surface area contributed by atoms with Crippen LogP contribution in [0.25, 0.3) is 0 Å². The van der Waals surface area contributed by atoms with Gasteiger partial charge in [0.25, 0.3) is 0 Å². The van der Waals surface area contributed by atoms with Gasteiger partial charge >= 0.3 is 13.8 Å². The zero-order valence-electron chi connectivity index (χ0n) is 10.3. The van der Waals surface area contributed by atoms with Gasteiger partial charge in [0.15, 0.2) is 6.10 Å². The lowest BCUT2D eigenvalue weighted by Crippen LogP contribution is -2.14. The molecule has 0 aliphatic heterocycles. The number of hydrogen-bond donors (Lipinski definition) is 2. The number of benzene rings is 1. The Labute approximate surface area is 110 Å². The van der Waals surface area contributed by atoms with Gasteiger partial charge in [-0.1, -0.05) is 36.4 Å². The van der Waals surface area contributed by atoms with E-state index in [-0.39, 0.29) is 0 Å². The summed E-state index contributed by atoms with van der Waals surface area (Å²) in [5.74, 6) is -0.606. The van der Waals surface area contributed by atoms with Crippen LogP contribution >= 0.6 is 7.82 Å². The normalized spacial score (nSPS) is 13.4. The van der Waals surface area contributed by atoms with Crippen molar-refractivity contribution < 1.29 is 28.4 Å². The van der Waals surface area contributed by atoms with Crippen molar-refractivity contribution in [2.75, 3.05) is 6.61 Å². The number of carbonyl (C=O) groups is 1. The van der Waals surface area contributed by atoms with E-state index in [2.05, 4.69) is 4.52 Å². The van der Waals surface area contributed by atoms with Crippen LogP contribution in [0.3, 0.4) is 0 Å². The molecular weight excluding hydrogens is 271 g/mol. The van der Waals surface area contributed by atoms with Crippen molar-refractivity contribution in [3.8, 4) is 0 Å². The van der Waals surface area contributed by atoms with E-state index in [1.807, 2.05) is 0 Å². The zero-order valence-corrected chi connectivity index (χ0v) is 11.2. The molecule has 0 saturated carbocycles. The number of carbonyl (C=O) groups excluding carboxylic acids is 1. The lowest BCUT2D eigenvalue weighted by molar-refractivity contribution is -0.145. The van der Waals surface area contributed by atoms with Crippen LogP contribution in [0.2, 0.25) is 0 Å². The highest BCUT2D eigenvalue weighted by Gasteiger charge is 2.21. The second-order valence-electron chi connectivity index (χ2n) is 3.62. The highest BCUT2D eigenvalue weighted by atomic mass is 31.2. The summed E-state index contributed by atoms with van der Waals surface area (Å²) in [6, 6.07) is 8.58. The third-order valence-electron chi connectivity index (χ3n) is 2.13. The Morgan fingerprint density at radius 1 is 1.37 bits per heavy atom. The van der Waals surface area contributed by atoms with Crippen LogP contribution in [0.15, 0.2) is 42.5 Å². The largest absolute Gasteiger partial charge is 0.469 e. The molecule has 6 nitrogen and oxygen atoms in total. The summed E-state index contributed by atoms with van der Waals surface area (Å²) in [7, 11) is -4.61. The molecule has 0 aliphatic carbocycles.